The van der Waals surface area contributed by atoms with Gasteiger partial charge >= 0.3 is 18.1 Å². The van der Waals surface area contributed by atoms with Crippen LogP contribution in [-0.4, -0.2) is 54.9 Å². The second kappa shape index (κ2) is 18.6. The number of rotatable bonds is 19. The molecule has 2 aromatic rings. The van der Waals surface area contributed by atoms with Crippen molar-refractivity contribution < 1.29 is 51.6 Å². The van der Waals surface area contributed by atoms with Crippen LogP contribution in [0.3, 0.4) is 0 Å². The SMILES string of the molecule is C=CC(C)(CC/C=C(\C)CCCC(C)[C@@H](OC(=O)[C@](OC)(c1ccccc1)C(F)(F)F)C(=O)C=C(C)C)Oc1ccc(O)cc1CC(=O)OC. The number of ether oxygens (including phenoxy) is 4. The molecule has 0 bridgehead atoms. The highest BCUT2D eigenvalue weighted by Crippen LogP contribution is 2.43. The van der Waals surface area contributed by atoms with Gasteiger partial charge in [-0.25, -0.2) is 4.79 Å². The van der Waals surface area contributed by atoms with E-state index in [1.54, 1.807) is 32.9 Å². The maximum atomic E-state index is 14.5. The van der Waals surface area contributed by atoms with E-state index in [1.165, 1.54) is 43.5 Å². The van der Waals surface area contributed by atoms with Crippen molar-refractivity contribution in [3.63, 3.8) is 0 Å². The molecule has 0 saturated heterocycles. The zero-order valence-corrected chi connectivity index (χ0v) is 29.9. The van der Waals surface area contributed by atoms with E-state index in [0.717, 1.165) is 24.8 Å². The van der Waals surface area contributed by atoms with E-state index < -0.39 is 52.7 Å². The molecule has 2 unspecified atom stereocenters. The van der Waals surface area contributed by atoms with Crippen LogP contribution in [0.1, 0.15) is 77.8 Å². The lowest BCUT2D eigenvalue weighted by molar-refractivity contribution is -0.278. The minimum Gasteiger partial charge on any atom is -0.508 e. The summed E-state index contributed by atoms with van der Waals surface area (Å²) in [7, 11) is 2.06. The largest absolute Gasteiger partial charge is 0.508 e. The van der Waals surface area contributed by atoms with Crippen LogP contribution in [0, 0.1) is 5.92 Å². The van der Waals surface area contributed by atoms with Gasteiger partial charge in [-0.3, -0.25) is 9.59 Å². The molecule has 0 fully saturated rings. The van der Waals surface area contributed by atoms with Gasteiger partial charge in [0, 0.05) is 24.2 Å². The number of alkyl halides is 3. The van der Waals surface area contributed by atoms with Crippen LogP contribution in [0.15, 0.2) is 84.5 Å². The number of ketones is 1. The first-order valence-electron chi connectivity index (χ1n) is 16.4. The third kappa shape index (κ3) is 11.3. The van der Waals surface area contributed by atoms with Gasteiger partial charge < -0.3 is 24.1 Å². The van der Waals surface area contributed by atoms with E-state index in [1.807, 2.05) is 19.9 Å². The molecule has 0 radical (unpaired) electrons. The van der Waals surface area contributed by atoms with Gasteiger partial charge in [0.15, 0.2) is 11.9 Å². The zero-order valence-electron chi connectivity index (χ0n) is 29.9. The minimum atomic E-state index is -5.17. The molecule has 0 heterocycles. The van der Waals surface area contributed by atoms with E-state index in [4.69, 9.17) is 18.9 Å². The standard InChI is InChI=1S/C39H49F3O8/c1-9-37(6,50-33-21-20-31(43)24-29(33)25-34(45)47-7)22-14-16-27(4)15-13-17-28(5)35(32(44)23-26(2)3)49-36(46)38(48-8,39(40,41)42)30-18-11-10-12-19-30/h9-12,16,18-21,23-24,28,35,43H,1,13-15,17,22,25H2,2-8H3/b27-16+/t28?,35-,37?,38-/m1/s1. The van der Waals surface area contributed by atoms with Crippen molar-refractivity contribution in [2.45, 2.75) is 96.6 Å². The Morgan fingerprint density at radius 3 is 2.24 bits per heavy atom. The third-order valence-corrected chi connectivity index (χ3v) is 8.38. The molecule has 0 aliphatic rings. The van der Waals surface area contributed by atoms with Crippen LogP contribution >= 0.6 is 0 Å². The summed E-state index contributed by atoms with van der Waals surface area (Å²) < 4.78 is 64.8. The fraction of sp³-hybridized carbons (Fsp3) is 0.462. The van der Waals surface area contributed by atoms with Crippen molar-refractivity contribution >= 4 is 17.7 Å². The summed E-state index contributed by atoms with van der Waals surface area (Å²) in [5.74, 6) is -2.98. The predicted molar refractivity (Wildman–Crippen MR) is 185 cm³/mol. The van der Waals surface area contributed by atoms with Gasteiger partial charge in [0.2, 0.25) is 0 Å². The molecule has 2 rings (SSSR count). The van der Waals surface area contributed by atoms with Crippen LogP contribution in [0.4, 0.5) is 13.2 Å². The van der Waals surface area contributed by atoms with Crippen molar-refractivity contribution in [1.29, 1.82) is 0 Å². The molecule has 0 aliphatic heterocycles. The first-order valence-corrected chi connectivity index (χ1v) is 16.4. The molecule has 0 saturated carbocycles. The predicted octanol–water partition coefficient (Wildman–Crippen LogP) is 8.52. The van der Waals surface area contributed by atoms with E-state index in [0.29, 0.717) is 49.0 Å². The number of carbonyl (C=O) groups excluding carboxylic acids is 3. The maximum Gasteiger partial charge on any atom is 0.432 e. The Balaban J connectivity index is 2.13. The number of carbonyl (C=O) groups is 3. The van der Waals surface area contributed by atoms with Crippen LogP contribution in [0.5, 0.6) is 11.5 Å². The average Bonchev–Trinajstić information content (AvgIpc) is 3.04. The lowest BCUT2D eigenvalue weighted by Gasteiger charge is -2.34. The van der Waals surface area contributed by atoms with Crippen LogP contribution in [-0.2, 0) is 40.6 Å². The van der Waals surface area contributed by atoms with Gasteiger partial charge in [-0.05, 0) is 90.2 Å². The van der Waals surface area contributed by atoms with E-state index in [2.05, 4.69) is 6.58 Å². The number of aromatic hydroxyl groups is 1. The zero-order chi connectivity index (χ0) is 37.7. The third-order valence-electron chi connectivity index (χ3n) is 8.38. The number of esters is 2. The molecule has 0 amide bonds. The molecule has 8 nitrogen and oxygen atoms in total. The Labute approximate surface area is 293 Å². The Kier molecular flexibility index (Phi) is 15.5. The van der Waals surface area contributed by atoms with Gasteiger partial charge in [-0.1, -0.05) is 61.1 Å². The molecule has 4 atom stereocenters. The van der Waals surface area contributed by atoms with Gasteiger partial charge in [0.1, 0.15) is 17.1 Å². The number of methoxy groups -OCH3 is 2. The number of halogens is 3. The smallest absolute Gasteiger partial charge is 0.432 e. The molecule has 0 spiro atoms. The second-order valence-electron chi connectivity index (χ2n) is 12.8. The summed E-state index contributed by atoms with van der Waals surface area (Å²) in [5, 5.41) is 9.91. The molecule has 0 aliphatic carbocycles. The summed E-state index contributed by atoms with van der Waals surface area (Å²) in [6, 6.07) is 11.0. The molecule has 1 N–H and O–H groups in total. The van der Waals surface area contributed by atoms with Crippen molar-refractivity contribution in [3.8, 4) is 11.5 Å². The normalized spacial score (nSPS) is 15.4. The monoisotopic (exact) mass is 702 g/mol. The average molecular weight is 703 g/mol. The molecule has 0 aromatic heterocycles. The highest BCUT2D eigenvalue weighted by molar-refractivity contribution is 5.96. The van der Waals surface area contributed by atoms with Gasteiger partial charge in [0.05, 0.1) is 13.5 Å². The number of allylic oxidation sites excluding steroid dienone is 3. The Bertz CT molecular complexity index is 1530. The van der Waals surface area contributed by atoms with Crippen LogP contribution in [0.2, 0.25) is 0 Å². The Hall–Kier alpha value is -4.38. The van der Waals surface area contributed by atoms with E-state index in [-0.39, 0.29) is 12.2 Å². The molecule has 11 heteroatoms. The number of hydrogen-bond acceptors (Lipinski definition) is 8. The molecular formula is C39H49F3O8. The van der Waals surface area contributed by atoms with E-state index in [9.17, 15) is 32.7 Å². The first-order chi connectivity index (χ1) is 23.4. The summed E-state index contributed by atoms with van der Waals surface area (Å²) >= 11 is 0. The van der Waals surface area contributed by atoms with Crippen LogP contribution < -0.4 is 4.74 Å². The van der Waals surface area contributed by atoms with Crippen LogP contribution in [0.25, 0.3) is 0 Å². The minimum absolute atomic E-state index is 0.00759. The molecule has 2 aromatic carbocycles. The van der Waals surface area contributed by atoms with Crippen molar-refractivity contribution in [1.82, 2.24) is 0 Å². The Morgan fingerprint density at radius 2 is 1.68 bits per heavy atom. The highest BCUT2D eigenvalue weighted by atomic mass is 19.4. The lowest BCUT2D eigenvalue weighted by Crippen LogP contribution is -2.53. The van der Waals surface area contributed by atoms with Gasteiger partial charge in [-0.15, -0.1) is 0 Å². The van der Waals surface area contributed by atoms with Gasteiger partial charge in [0.25, 0.3) is 5.60 Å². The second-order valence-corrected chi connectivity index (χ2v) is 12.8. The van der Waals surface area contributed by atoms with Crippen molar-refractivity contribution in [2.24, 2.45) is 5.92 Å². The maximum absolute atomic E-state index is 14.5. The quantitative estimate of drug-likeness (QED) is 0.0882. The summed E-state index contributed by atoms with van der Waals surface area (Å²) in [6.07, 6.45) is 1.03. The molecule has 274 valence electrons. The number of phenols is 1. The van der Waals surface area contributed by atoms with Crippen molar-refractivity contribution in [2.75, 3.05) is 14.2 Å². The summed E-state index contributed by atoms with van der Waals surface area (Å²) in [4.78, 5) is 38.4. The van der Waals surface area contributed by atoms with Gasteiger partial charge in [-0.2, -0.15) is 13.2 Å². The Morgan fingerprint density at radius 1 is 1.02 bits per heavy atom. The lowest BCUT2D eigenvalue weighted by atomic mass is 9.90. The van der Waals surface area contributed by atoms with E-state index >= 15 is 0 Å². The number of hydrogen-bond donors (Lipinski definition) is 1. The summed E-state index contributed by atoms with van der Waals surface area (Å²) in [6.45, 7) is 12.7. The highest BCUT2D eigenvalue weighted by Gasteiger charge is 2.64. The van der Waals surface area contributed by atoms with Crippen molar-refractivity contribution in [3.05, 3.63) is 95.6 Å². The first kappa shape index (κ1) is 41.8. The topological polar surface area (TPSA) is 108 Å². The summed E-state index contributed by atoms with van der Waals surface area (Å²) in [5.41, 5.74) is -2.54. The molecule has 50 heavy (non-hydrogen) atoms. The fourth-order valence-corrected chi connectivity index (χ4v) is 5.45. The fourth-order valence-electron chi connectivity index (χ4n) is 5.45. The number of phenolic OH excluding ortho intramolecular Hbond substituents is 1. The molecular weight excluding hydrogens is 653 g/mol. The number of benzene rings is 2.